The van der Waals surface area contributed by atoms with Crippen LogP contribution in [-0.4, -0.2) is 26.3 Å². The lowest BCUT2D eigenvalue weighted by Crippen LogP contribution is -2.39. The standard InChI is InChI=1S/C35H34FN5O2/c1-20(2)15-27-30(33(37)42)29(31-32(39-27)35(4,40-34(31)43)17-22-7-10-26(36)11-8-22)25-9-12-28-24(16-25)13-14-41(28)19-23-6-5-21(3)38-18-23/h5-14,16,18,20H,15,17,19H2,1-4H3,(H2,37,42)(H,40,43). The monoisotopic (exact) mass is 575 g/mol. The molecule has 43 heavy (non-hydrogen) atoms. The van der Waals surface area contributed by atoms with E-state index in [0.717, 1.165) is 33.3 Å². The number of pyridine rings is 2. The van der Waals surface area contributed by atoms with Crippen molar-refractivity contribution in [2.75, 3.05) is 0 Å². The Morgan fingerprint density at radius 1 is 1.05 bits per heavy atom. The van der Waals surface area contributed by atoms with Crippen LogP contribution in [0.1, 0.15) is 69.7 Å². The SMILES string of the molecule is Cc1ccc(Cn2ccc3cc(-c4c(C(N)=O)c(CC(C)C)nc5c4C(=O)NC5(C)Cc4ccc(F)cc4)ccc32)cn1. The number of benzene rings is 2. The number of hydrogen-bond donors (Lipinski definition) is 2. The molecule has 2 aromatic carbocycles. The summed E-state index contributed by atoms with van der Waals surface area (Å²) >= 11 is 0. The van der Waals surface area contributed by atoms with Crippen LogP contribution in [0, 0.1) is 18.7 Å². The molecule has 0 fully saturated rings. The minimum atomic E-state index is -0.865. The molecular weight excluding hydrogens is 541 g/mol. The summed E-state index contributed by atoms with van der Waals surface area (Å²) < 4.78 is 15.8. The first-order valence-electron chi connectivity index (χ1n) is 14.5. The van der Waals surface area contributed by atoms with E-state index in [0.29, 0.717) is 41.9 Å². The summed E-state index contributed by atoms with van der Waals surface area (Å²) in [5.74, 6) is -1.07. The number of hydrogen-bond acceptors (Lipinski definition) is 4. The van der Waals surface area contributed by atoms with Crippen LogP contribution in [0.4, 0.5) is 4.39 Å². The Labute approximate surface area is 250 Å². The number of nitrogens with one attached hydrogen (secondary N) is 1. The van der Waals surface area contributed by atoms with E-state index in [1.54, 1.807) is 12.1 Å². The fourth-order valence-corrected chi connectivity index (χ4v) is 6.14. The van der Waals surface area contributed by atoms with E-state index in [-0.39, 0.29) is 23.2 Å². The van der Waals surface area contributed by atoms with Crippen molar-refractivity contribution in [2.45, 2.75) is 52.6 Å². The molecule has 3 aromatic heterocycles. The van der Waals surface area contributed by atoms with Gasteiger partial charge in [-0.1, -0.05) is 38.1 Å². The van der Waals surface area contributed by atoms with Crippen molar-refractivity contribution in [1.82, 2.24) is 19.9 Å². The van der Waals surface area contributed by atoms with E-state index in [1.165, 1.54) is 12.1 Å². The van der Waals surface area contributed by atoms with Crippen molar-refractivity contribution >= 4 is 22.7 Å². The molecule has 218 valence electrons. The van der Waals surface area contributed by atoms with Gasteiger partial charge in [-0.3, -0.25) is 19.6 Å². The lowest BCUT2D eigenvalue weighted by molar-refractivity contribution is 0.0935. The zero-order valence-corrected chi connectivity index (χ0v) is 24.7. The molecule has 0 saturated heterocycles. The summed E-state index contributed by atoms with van der Waals surface area (Å²) in [6.07, 6.45) is 4.83. The smallest absolute Gasteiger partial charge is 0.254 e. The van der Waals surface area contributed by atoms with Gasteiger partial charge in [0.25, 0.3) is 11.8 Å². The van der Waals surface area contributed by atoms with Gasteiger partial charge in [0.2, 0.25) is 0 Å². The highest BCUT2D eigenvalue weighted by molar-refractivity contribution is 6.12. The summed E-state index contributed by atoms with van der Waals surface area (Å²) in [4.78, 5) is 36.2. The number of primary amides is 1. The van der Waals surface area contributed by atoms with Crippen LogP contribution in [0.3, 0.4) is 0 Å². The zero-order valence-electron chi connectivity index (χ0n) is 24.7. The molecule has 1 unspecified atom stereocenters. The molecule has 0 saturated carbocycles. The van der Waals surface area contributed by atoms with Crippen molar-refractivity contribution < 1.29 is 14.0 Å². The molecule has 0 bridgehead atoms. The number of aromatic nitrogens is 3. The van der Waals surface area contributed by atoms with E-state index in [9.17, 15) is 14.0 Å². The largest absolute Gasteiger partial charge is 0.366 e. The fraction of sp³-hybridized carbons (Fsp3) is 0.257. The second kappa shape index (κ2) is 10.8. The number of aryl methyl sites for hydroxylation is 1. The van der Waals surface area contributed by atoms with Crippen molar-refractivity contribution in [3.8, 4) is 11.1 Å². The Hall–Kier alpha value is -4.85. The summed E-state index contributed by atoms with van der Waals surface area (Å²) in [6, 6.07) is 18.3. The fourth-order valence-electron chi connectivity index (χ4n) is 6.14. The maximum Gasteiger partial charge on any atom is 0.254 e. The predicted octanol–water partition coefficient (Wildman–Crippen LogP) is 6.09. The number of nitrogens with two attached hydrogens (primary N) is 1. The highest BCUT2D eigenvalue weighted by atomic mass is 19.1. The minimum Gasteiger partial charge on any atom is -0.366 e. The van der Waals surface area contributed by atoms with E-state index in [4.69, 9.17) is 10.7 Å². The second-order valence-electron chi connectivity index (χ2n) is 12.1. The Balaban J connectivity index is 1.51. The van der Waals surface area contributed by atoms with Crippen molar-refractivity contribution in [1.29, 1.82) is 0 Å². The van der Waals surface area contributed by atoms with E-state index < -0.39 is 11.4 Å². The lowest BCUT2D eigenvalue weighted by Gasteiger charge is -2.26. The van der Waals surface area contributed by atoms with Gasteiger partial charge in [-0.25, -0.2) is 4.39 Å². The van der Waals surface area contributed by atoms with Gasteiger partial charge >= 0.3 is 0 Å². The van der Waals surface area contributed by atoms with Gasteiger partial charge in [0.1, 0.15) is 5.82 Å². The molecular formula is C35H34FN5O2. The Bertz CT molecular complexity index is 1880. The van der Waals surface area contributed by atoms with Crippen LogP contribution < -0.4 is 11.1 Å². The van der Waals surface area contributed by atoms with Crippen molar-refractivity contribution in [2.24, 2.45) is 11.7 Å². The summed E-state index contributed by atoms with van der Waals surface area (Å²) in [5, 5.41) is 4.10. The molecule has 7 nitrogen and oxygen atoms in total. The highest BCUT2D eigenvalue weighted by Crippen LogP contribution is 2.42. The quantitative estimate of drug-likeness (QED) is 0.234. The molecule has 1 aliphatic heterocycles. The number of nitrogens with zero attached hydrogens (tertiary/aromatic N) is 3. The summed E-state index contributed by atoms with van der Waals surface area (Å²) in [5.41, 5.74) is 12.1. The third kappa shape index (κ3) is 5.29. The topological polar surface area (TPSA) is 103 Å². The molecule has 6 rings (SSSR count). The molecule has 4 heterocycles. The van der Waals surface area contributed by atoms with Gasteiger partial charge in [0, 0.05) is 47.5 Å². The molecule has 0 spiro atoms. The predicted molar refractivity (Wildman–Crippen MR) is 165 cm³/mol. The molecule has 1 atom stereocenters. The molecule has 0 aliphatic carbocycles. The van der Waals surface area contributed by atoms with E-state index in [2.05, 4.69) is 34.8 Å². The van der Waals surface area contributed by atoms with Crippen molar-refractivity contribution in [3.05, 3.63) is 118 Å². The maximum absolute atomic E-state index is 13.7. The molecule has 8 heteroatoms. The van der Waals surface area contributed by atoms with Crippen LogP contribution in [0.25, 0.3) is 22.0 Å². The molecule has 0 radical (unpaired) electrons. The normalized spacial score (nSPS) is 16.1. The third-order valence-electron chi connectivity index (χ3n) is 8.12. The number of rotatable bonds is 8. The van der Waals surface area contributed by atoms with Crippen LogP contribution in [-0.2, 0) is 24.9 Å². The second-order valence-corrected chi connectivity index (χ2v) is 12.1. The number of carbonyl (C=O) groups excluding carboxylic acids is 2. The van der Waals surface area contributed by atoms with E-state index >= 15 is 0 Å². The average molecular weight is 576 g/mol. The van der Waals surface area contributed by atoms with E-state index in [1.807, 2.05) is 56.6 Å². The van der Waals surface area contributed by atoms with Crippen LogP contribution in [0.2, 0.25) is 0 Å². The van der Waals surface area contributed by atoms with Gasteiger partial charge in [0.15, 0.2) is 0 Å². The molecule has 3 N–H and O–H groups in total. The summed E-state index contributed by atoms with van der Waals surface area (Å²) in [6.45, 7) is 8.65. The number of fused-ring (bicyclic) bond motifs is 2. The average Bonchev–Trinajstić information content (AvgIpc) is 3.46. The van der Waals surface area contributed by atoms with Gasteiger partial charge in [0.05, 0.1) is 28.1 Å². The first-order chi connectivity index (χ1) is 20.5. The third-order valence-corrected chi connectivity index (χ3v) is 8.12. The van der Waals surface area contributed by atoms with Crippen LogP contribution >= 0.6 is 0 Å². The maximum atomic E-state index is 13.7. The first-order valence-corrected chi connectivity index (χ1v) is 14.5. The number of halogens is 1. The lowest BCUT2D eigenvalue weighted by atomic mass is 9.84. The summed E-state index contributed by atoms with van der Waals surface area (Å²) in [7, 11) is 0. The Morgan fingerprint density at radius 3 is 2.47 bits per heavy atom. The number of carbonyl (C=O) groups is 2. The van der Waals surface area contributed by atoms with Gasteiger partial charge in [-0.05, 0) is 79.3 Å². The molecule has 5 aromatic rings. The molecule has 2 amide bonds. The van der Waals surface area contributed by atoms with Gasteiger partial charge < -0.3 is 15.6 Å². The van der Waals surface area contributed by atoms with Crippen LogP contribution in [0.15, 0.2) is 73.1 Å². The van der Waals surface area contributed by atoms with Gasteiger partial charge in [-0.2, -0.15) is 0 Å². The van der Waals surface area contributed by atoms with Crippen LogP contribution in [0.5, 0.6) is 0 Å². The van der Waals surface area contributed by atoms with Crippen molar-refractivity contribution in [3.63, 3.8) is 0 Å². The Morgan fingerprint density at radius 2 is 1.79 bits per heavy atom. The first kappa shape index (κ1) is 28.3. The highest BCUT2D eigenvalue weighted by Gasteiger charge is 2.44. The van der Waals surface area contributed by atoms with Gasteiger partial charge in [-0.15, -0.1) is 0 Å². The molecule has 1 aliphatic rings. The number of amides is 2. The Kier molecular flexibility index (Phi) is 7.08. The zero-order chi connectivity index (χ0) is 30.5. The minimum absolute atomic E-state index is 0.192.